The summed E-state index contributed by atoms with van der Waals surface area (Å²) in [5.74, 6) is 0.899. The minimum atomic E-state index is 0.697. The highest BCUT2D eigenvalue weighted by molar-refractivity contribution is 9.10. The highest BCUT2D eigenvalue weighted by atomic mass is 79.9. The van der Waals surface area contributed by atoms with Crippen molar-refractivity contribution in [1.29, 1.82) is 0 Å². The van der Waals surface area contributed by atoms with Gasteiger partial charge in [0.15, 0.2) is 0 Å². The molecule has 4 heteroatoms. The number of nitrogens with one attached hydrogen (secondary N) is 1. The van der Waals surface area contributed by atoms with Gasteiger partial charge >= 0.3 is 0 Å². The van der Waals surface area contributed by atoms with E-state index in [-0.39, 0.29) is 0 Å². The first-order valence-corrected chi connectivity index (χ1v) is 7.79. The summed E-state index contributed by atoms with van der Waals surface area (Å²) in [5, 5.41) is 3.42. The maximum Gasteiger partial charge on any atom is 0.121 e. The number of likely N-dealkylation sites (N-methyl/N-ethyl adjacent to an activating group) is 1. The van der Waals surface area contributed by atoms with Crippen LogP contribution in [0.15, 0.2) is 53.0 Å². The highest BCUT2D eigenvalue weighted by Crippen LogP contribution is 2.19. The predicted octanol–water partition coefficient (Wildman–Crippen LogP) is 4.00. The van der Waals surface area contributed by atoms with Gasteiger partial charge in [0, 0.05) is 29.3 Å². The fourth-order valence-corrected chi connectivity index (χ4v) is 2.34. The summed E-state index contributed by atoms with van der Waals surface area (Å²) in [5.41, 5.74) is 2.31. The third-order valence-electron chi connectivity index (χ3n) is 3.03. The quantitative estimate of drug-likeness (QED) is 0.818. The molecule has 0 aliphatic carbocycles. The summed E-state index contributed by atoms with van der Waals surface area (Å²) in [4.78, 5) is 2.11. The van der Waals surface area contributed by atoms with E-state index in [1.165, 1.54) is 5.56 Å². The van der Waals surface area contributed by atoms with Crippen molar-refractivity contribution in [2.75, 3.05) is 32.6 Å². The largest absolute Gasteiger partial charge is 0.492 e. The van der Waals surface area contributed by atoms with Gasteiger partial charge in [0.25, 0.3) is 0 Å². The molecule has 0 aromatic heterocycles. The molecule has 0 bridgehead atoms. The Labute approximate surface area is 135 Å². The Morgan fingerprint density at radius 2 is 1.90 bits per heavy atom. The van der Waals surface area contributed by atoms with E-state index in [2.05, 4.69) is 44.3 Å². The molecule has 2 rings (SSSR count). The number of benzene rings is 2. The topological polar surface area (TPSA) is 24.5 Å². The van der Waals surface area contributed by atoms with E-state index >= 15 is 0 Å². The van der Waals surface area contributed by atoms with Crippen molar-refractivity contribution < 1.29 is 4.74 Å². The Hall–Kier alpha value is -1.52. The minimum Gasteiger partial charge on any atom is -0.492 e. The Morgan fingerprint density at radius 3 is 2.67 bits per heavy atom. The molecule has 0 saturated carbocycles. The molecule has 0 heterocycles. The van der Waals surface area contributed by atoms with Gasteiger partial charge in [0.2, 0.25) is 0 Å². The minimum absolute atomic E-state index is 0.697. The van der Waals surface area contributed by atoms with Crippen LogP contribution in [0.25, 0.3) is 0 Å². The summed E-state index contributed by atoms with van der Waals surface area (Å²) in [6, 6.07) is 16.4. The number of halogens is 1. The van der Waals surface area contributed by atoms with Crippen LogP contribution in [0, 0.1) is 0 Å². The number of hydrogen-bond acceptors (Lipinski definition) is 3. The summed E-state index contributed by atoms with van der Waals surface area (Å²) in [6.07, 6.45) is 0. The molecule has 0 spiro atoms. The van der Waals surface area contributed by atoms with E-state index in [1.807, 2.05) is 44.4 Å². The molecule has 1 N–H and O–H groups in total. The second kappa shape index (κ2) is 8.05. The maximum atomic E-state index is 5.74. The number of rotatable bonds is 7. The summed E-state index contributed by atoms with van der Waals surface area (Å²) in [6.45, 7) is 2.40. The van der Waals surface area contributed by atoms with Gasteiger partial charge in [-0.15, -0.1) is 0 Å². The first kappa shape index (κ1) is 15.9. The smallest absolute Gasteiger partial charge is 0.121 e. The molecule has 2 aromatic rings. The zero-order valence-corrected chi connectivity index (χ0v) is 14.1. The second-order valence-corrected chi connectivity index (χ2v) is 6.08. The van der Waals surface area contributed by atoms with Crippen molar-refractivity contribution in [3.8, 4) is 5.75 Å². The van der Waals surface area contributed by atoms with Crippen LogP contribution in [0.3, 0.4) is 0 Å². The third kappa shape index (κ3) is 5.78. The Balaban J connectivity index is 1.88. The lowest BCUT2D eigenvalue weighted by atomic mass is 10.2. The lowest BCUT2D eigenvalue weighted by molar-refractivity contribution is 0.261. The first-order valence-electron chi connectivity index (χ1n) is 6.99. The zero-order valence-electron chi connectivity index (χ0n) is 12.5. The SMILES string of the molecule is CN(C)CCOc1cccc(NCc2cccc(Br)c2)c1. The highest BCUT2D eigenvalue weighted by Gasteiger charge is 1.99. The van der Waals surface area contributed by atoms with Crippen LogP contribution in [0.5, 0.6) is 5.75 Å². The lowest BCUT2D eigenvalue weighted by Crippen LogP contribution is -2.19. The average molecular weight is 349 g/mol. The normalized spacial score (nSPS) is 10.7. The van der Waals surface area contributed by atoms with Gasteiger partial charge in [-0.05, 0) is 43.9 Å². The van der Waals surface area contributed by atoms with Crippen molar-refractivity contribution in [2.45, 2.75) is 6.54 Å². The van der Waals surface area contributed by atoms with Crippen LogP contribution in [0.1, 0.15) is 5.56 Å². The van der Waals surface area contributed by atoms with Crippen LogP contribution in [0.4, 0.5) is 5.69 Å². The van der Waals surface area contributed by atoms with Crippen LogP contribution in [0.2, 0.25) is 0 Å². The van der Waals surface area contributed by atoms with Crippen LogP contribution >= 0.6 is 15.9 Å². The molecule has 0 fully saturated rings. The van der Waals surface area contributed by atoms with Crippen LogP contribution in [-0.4, -0.2) is 32.1 Å². The molecule has 2 aromatic carbocycles. The fraction of sp³-hybridized carbons (Fsp3) is 0.294. The molecule has 0 radical (unpaired) electrons. The molecule has 0 saturated heterocycles. The Morgan fingerprint density at radius 1 is 1.10 bits per heavy atom. The van der Waals surface area contributed by atoms with Gasteiger partial charge in [-0.1, -0.05) is 34.1 Å². The summed E-state index contributed by atoms with van der Waals surface area (Å²) >= 11 is 3.49. The first-order chi connectivity index (χ1) is 10.1. The molecule has 0 atom stereocenters. The molecule has 112 valence electrons. The summed E-state index contributed by atoms with van der Waals surface area (Å²) in [7, 11) is 4.08. The predicted molar refractivity (Wildman–Crippen MR) is 92.0 cm³/mol. The van der Waals surface area contributed by atoms with E-state index < -0.39 is 0 Å². The lowest BCUT2D eigenvalue weighted by Gasteiger charge is -2.12. The molecule has 0 unspecified atom stereocenters. The second-order valence-electron chi connectivity index (χ2n) is 5.16. The third-order valence-corrected chi connectivity index (χ3v) is 3.52. The molecule has 0 aliphatic rings. The van der Waals surface area contributed by atoms with Crippen molar-refractivity contribution in [3.63, 3.8) is 0 Å². The van der Waals surface area contributed by atoms with Gasteiger partial charge in [-0.2, -0.15) is 0 Å². The van der Waals surface area contributed by atoms with Gasteiger partial charge < -0.3 is 15.0 Å². The number of nitrogens with zero attached hydrogens (tertiary/aromatic N) is 1. The standard InChI is InChI=1S/C17H21BrN2O/c1-20(2)9-10-21-17-8-4-7-16(12-17)19-13-14-5-3-6-15(18)11-14/h3-8,11-12,19H,9-10,13H2,1-2H3. The molecule has 3 nitrogen and oxygen atoms in total. The van der Waals surface area contributed by atoms with E-state index in [9.17, 15) is 0 Å². The number of anilines is 1. The molecule has 0 aliphatic heterocycles. The van der Waals surface area contributed by atoms with E-state index in [1.54, 1.807) is 0 Å². The van der Waals surface area contributed by atoms with Crippen molar-refractivity contribution in [1.82, 2.24) is 4.90 Å². The molecular formula is C17H21BrN2O. The van der Waals surface area contributed by atoms with E-state index in [0.29, 0.717) is 6.61 Å². The van der Waals surface area contributed by atoms with Gasteiger partial charge in [0.1, 0.15) is 12.4 Å². The van der Waals surface area contributed by atoms with Crippen LogP contribution in [-0.2, 0) is 6.54 Å². The summed E-state index contributed by atoms with van der Waals surface area (Å²) < 4.78 is 6.84. The van der Waals surface area contributed by atoms with Gasteiger partial charge in [0.05, 0.1) is 0 Å². The van der Waals surface area contributed by atoms with Crippen molar-refractivity contribution >= 4 is 21.6 Å². The van der Waals surface area contributed by atoms with E-state index in [4.69, 9.17) is 4.74 Å². The molecule has 21 heavy (non-hydrogen) atoms. The van der Waals surface area contributed by atoms with Crippen molar-refractivity contribution in [2.24, 2.45) is 0 Å². The zero-order chi connectivity index (χ0) is 15.1. The molecular weight excluding hydrogens is 328 g/mol. The number of hydrogen-bond donors (Lipinski definition) is 1. The van der Waals surface area contributed by atoms with Gasteiger partial charge in [-0.25, -0.2) is 0 Å². The Bertz CT molecular complexity index is 572. The van der Waals surface area contributed by atoms with Crippen molar-refractivity contribution in [3.05, 3.63) is 58.6 Å². The maximum absolute atomic E-state index is 5.74. The molecule has 0 amide bonds. The fourth-order valence-electron chi connectivity index (χ4n) is 1.89. The average Bonchev–Trinajstić information content (AvgIpc) is 2.45. The number of ether oxygens (including phenoxy) is 1. The monoisotopic (exact) mass is 348 g/mol. The van der Waals surface area contributed by atoms with Crippen LogP contribution < -0.4 is 10.1 Å². The Kier molecular flexibility index (Phi) is 6.08. The van der Waals surface area contributed by atoms with Gasteiger partial charge in [-0.3, -0.25) is 0 Å². The van der Waals surface area contributed by atoms with E-state index in [0.717, 1.165) is 29.0 Å².